The van der Waals surface area contributed by atoms with E-state index in [1.54, 1.807) is 6.08 Å². The molecule has 0 aliphatic heterocycles. The summed E-state index contributed by atoms with van der Waals surface area (Å²) in [6, 6.07) is 0. The van der Waals surface area contributed by atoms with Crippen LogP contribution in [0.2, 0.25) is 0 Å². The number of hydrogen-bond donors (Lipinski definition) is 0. The summed E-state index contributed by atoms with van der Waals surface area (Å²) >= 11 is 0. The van der Waals surface area contributed by atoms with E-state index in [2.05, 4.69) is 167 Å². The zero-order chi connectivity index (χ0) is 52.2. The van der Waals surface area contributed by atoms with E-state index in [1.807, 2.05) is 6.08 Å². The molecule has 1 unspecified atom stereocenters. The third-order valence-electron chi connectivity index (χ3n) is 11.3. The summed E-state index contributed by atoms with van der Waals surface area (Å²) in [6.45, 7) is 6.25. The smallest absolute Gasteiger partial charge is 0.310 e. The van der Waals surface area contributed by atoms with Crippen molar-refractivity contribution < 1.29 is 28.6 Å². The Morgan fingerprint density at radius 1 is 0.306 bits per heavy atom. The quantitative estimate of drug-likeness (QED) is 0.0262. The van der Waals surface area contributed by atoms with Crippen LogP contribution in [0.5, 0.6) is 0 Å². The van der Waals surface area contributed by atoms with Gasteiger partial charge in [-0.3, -0.25) is 14.4 Å². The Kier molecular flexibility index (Phi) is 54.6. The first kappa shape index (κ1) is 67.0. The molecule has 0 saturated carbocycles. The largest absolute Gasteiger partial charge is 0.462 e. The van der Waals surface area contributed by atoms with Crippen LogP contribution in [0.25, 0.3) is 0 Å². The second-order valence-electron chi connectivity index (χ2n) is 18.1. The van der Waals surface area contributed by atoms with E-state index in [0.29, 0.717) is 19.3 Å². The van der Waals surface area contributed by atoms with Crippen LogP contribution >= 0.6 is 0 Å². The first-order valence-corrected chi connectivity index (χ1v) is 28.5. The van der Waals surface area contributed by atoms with Crippen molar-refractivity contribution in [3.05, 3.63) is 158 Å². The van der Waals surface area contributed by atoms with E-state index >= 15 is 0 Å². The molecular weight excluding hydrogens is 889 g/mol. The molecule has 6 heteroatoms. The lowest BCUT2D eigenvalue weighted by atomic mass is 10.1. The molecule has 0 fully saturated rings. The van der Waals surface area contributed by atoms with Crippen LogP contribution in [0.4, 0.5) is 0 Å². The lowest BCUT2D eigenvalue weighted by Crippen LogP contribution is -2.30. The Morgan fingerprint density at radius 2 is 0.583 bits per heavy atom. The molecule has 0 aromatic carbocycles. The highest BCUT2D eigenvalue weighted by molar-refractivity contribution is 5.72. The molecule has 0 aromatic rings. The Labute approximate surface area is 441 Å². The second-order valence-corrected chi connectivity index (χ2v) is 18.1. The molecule has 1 atom stereocenters. The topological polar surface area (TPSA) is 78.9 Å². The maximum Gasteiger partial charge on any atom is 0.310 e. The van der Waals surface area contributed by atoms with Gasteiger partial charge in [0.2, 0.25) is 0 Å². The van der Waals surface area contributed by atoms with Crippen molar-refractivity contribution in [2.75, 3.05) is 13.2 Å². The predicted molar refractivity (Wildman–Crippen MR) is 311 cm³/mol. The van der Waals surface area contributed by atoms with Gasteiger partial charge in [0.15, 0.2) is 6.10 Å². The normalized spacial score (nSPS) is 13.3. The summed E-state index contributed by atoms with van der Waals surface area (Å²) in [5.41, 5.74) is 0. The Balaban J connectivity index is 4.47. The highest BCUT2D eigenvalue weighted by Gasteiger charge is 2.19. The molecule has 0 spiro atoms. The van der Waals surface area contributed by atoms with Gasteiger partial charge in [0.05, 0.1) is 6.42 Å². The van der Waals surface area contributed by atoms with Gasteiger partial charge in [0, 0.05) is 12.8 Å². The summed E-state index contributed by atoms with van der Waals surface area (Å²) in [7, 11) is 0. The highest BCUT2D eigenvalue weighted by atomic mass is 16.6. The minimum Gasteiger partial charge on any atom is -0.462 e. The van der Waals surface area contributed by atoms with Crippen molar-refractivity contribution in [1.29, 1.82) is 0 Å². The van der Waals surface area contributed by atoms with Gasteiger partial charge in [-0.25, -0.2) is 0 Å². The van der Waals surface area contributed by atoms with Crippen molar-refractivity contribution in [2.24, 2.45) is 0 Å². The maximum absolute atomic E-state index is 12.8. The van der Waals surface area contributed by atoms with Crippen molar-refractivity contribution in [3.63, 3.8) is 0 Å². The number of esters is 3. The zero-order valence-electron chi connectivity index (χ0n) is 45.9. The van der Waals surface area contributed by atoms with Gasteiger partial charge in [-0.1, -0.05) is 230 Å². The number of carbonyl (C=O) groups is 3. The highest BCUT2D eigenvalue weighted by Crippen LogP contribution is 2.12. The Morgan fingerprint density at radius 3 is 0.931 bits per heavy atom. The van der Waals surface area contributed by atoms with E-state index in [9.17, 15) is 14.4 Å². The minimum absolute atomic E-state index is 0.0832. The molecule has 0 aromatic heterocycles. The molecule has 0 heterocycles. The van der Waals surface area contributed by atoms with Crippen LogP contribution in [0, 0.1) is 0 Å². The molecule has 72 heavy (non-hydrogen) atoms. The first-order valence-electron chi connectivity index (χ1n) is 28.5. The van der Waals surface area contributed by atoms with E-state index in [0.717, 1.165) is 141 Å². The second kappa shape index (κ2) is 58.6. The average Bonchev–Trinajstić information content (AvgIpc) is 3.38. The number of unbranched alkanes of at least 4 members (excludes halogenated alkanes) is 13. The monoisotopic (exact) mass is 991 g/mol. The molecule has 0 aliphatic carbocycles. The number of carbonyl (C=O) groups excluding carboxylic acids is 3. The van der Waals surface area contributed by atoms with Crippen LogP contribution in [0.15, 0.2) is 158 Å². The third kappa shape index (κ3) is 56.0. The van der Waals surface area contributed by atoms with Crippen molar-refractivity contribution in [2.45, 2.75) is 226 Å². The van der Waals surface area contributed by atoms with Crippen molar-refractivity contribution in [1.82, 2.24) is 0 Å². The molecule has 6 nitrogen and oxygen atoms in total. The average molecular weight is 992 g/mol. The summed E-state index contributed by atoms with van der Waals surface area (Å²) < 4.78 is 16.7. The van der Waals surface area contributed by atoms with Crippen molar-refractivity contribution in [3.8, 4) is 0 Å². The SMILES string of the molecule is CC/C=C\C/C=C\C/C=C\C/C=C\C/C=C\C/C=C\C/C=C\CCCCCCCC(=O)OCC(COC(=O)CCCCCCC/C=C\CCCCC)OC(=O)C/C=C\C/C=C\C/C=C\C/C=C\C/C=C\CC. The summed E-state index contributed by atoms with van der Waals surface area (Å²) in [5.74, 6) is -1.10. The van der Waals surface area contributed by atoms with Gasteiger partial charge < -0.3 is 14.2 Å². The summed E-state index contributed by atoms with van der Waals surface area (Å²) in [4.78, 5) is 38.0. The molecule has 0 radical (unpaired) electrons. The van der Waals surface area contributed by atoms with Crippen LogP contribution in [-0.4, -0.2) is 37.2 Å². The van der Waals surface area contributed by atoms with Crippen LogP contribution in [0.3, 0.4) is 0 Å². The van der Waals surface area contributed by atoms with Gasteiger partial charge >= 0.3 is 17.9 Å². The van der Waals surface area contributed by atoms with Crippen molar-refractivity contribution >= 4 is 17.9 Å². The third-order valence-corrected chi connectivity index (χ3v) is 11.3. The number of ether oxygens (including phenoxy) is 3. The standard InChI is InChI=1S/C66H102O6/c1-4-7-10-13-16-19-22-25-27-28-29-30-31-32-33-34-35-36-37-38-40-41-44-47-50-53-56-59-65(68)71-62-63(61-70-64(67)58-55-52-49-46-43-24-21-18-15-12-9-6-3)72-66(69)60-57-54-51-48-45-42-39-26-23-20-17-14-11-8-5-2/h7-8,10-11,16-21,25-27,29-30,32-33,35-36,38-40,45,48,54,57,63H,4-6,9,12-15,22-24,28,31,34,37,41-44,46-47,49-53,55-56,58-62H2,1-3H3/b10-7-,11-8-,19-16-,20-17-,21-18-,27-25-,30-29-,33-32-,36-35-,39-26-,40-38-,48-45-,57-54-. The minimum atomic E-state index is -0.851. The number of allylic oxidation sites excluding steroid dienone is 25. The van der Waals surface area contributed by atoms with E-state index in [-0.39, 0.29) is 31.6 Å². The number of rotatable bonds is 49. The van der Waals surface area contributed by atoms with Gasteiger partial charge in [0.25, 0.3) is 0 Å². The Hall–Kier alpha value is -4.97. The molecule has 0 saturated heterocycles. The molecular formula is C66H102O6. The lowest BCUT2D eigenvalue weighted by Gasteiger charge is -2.18. The molecule has 402 valence electrons. The summed E-state index contributed by atoms with van der Waals surface area (Å²) in [6.07, 6.45) is 85.5. The van der Waals surface area contributed by atoms with E-state index in [1.165, 1.54) is 32.1 Å². The molecule has 0 aliphatic rings. The van der Waals surface area contributed by atoms with Crippen LogP contribution in [-0.2, 0) is 28.6 Å². The van der Waals surface area contributed by atoms with E-state index < -0.39 is 12.1 Å². The van der Waals surface area contributed by atoms with E-state index in [4.69, 9.17) is 14.2 Å². The summed E-state index contributed by atoms with van der Waals surface area (Å²) in [5, 5.41) is 0. The van der Waals surface area contributed by atoms with Gasteiger partial charge in [-0.05, 0) is 128 Å². The molecule has 0 bridgehead atoms. The van der Waals surface area contributed by atoms with Gasteiger partial charge in [-0.2, -0.15) is 0 Å². The number of hydrogen-bond acceptors (Lipinski definition) is 6. The predicted octanol–water partition coefficient (Wildman–Crippen LogP) is 19.4. The fourth-order valence-electron chi connectivity index (χ4n) is 7.08. The fraction of sp³-hybridized carbons (Fsp3) is 0.561. The van der Waals surface area contributed by atoms with Gasteiger partial charge in [-0.15, -0.1) is 0 Å². The Bertz CT molecular complexity index is 1660. The molecule has 0 rings (SSSR count). The maximum atomic E-state index is 12.8. The lowest BCUT2D eigenvalue weighted by molar-refractivity contribution is -0.166. The van der Waals surface area contributed by atoms with Crippen LogP contribution < -0.4 is 0 Å². The van der Waals surface area contributed by atoms with Crippen LogP contribution in [0.1, 0.15) is 220 Å². The first-order chi connectivity index (χ1) is 35.5. The molecule has 0 N–H and O–H groups in total. The molecule has 0 amide bonds. The zero-order valence-corrected chi connectivity index (χ0v) is 45.9. The fourth-order valence-corrected chi connectivity index (χ4v) is 7.08. The van der Waals surface area contributed by atoms with Gasteiger partial charge in [0.1, 0.15) is 13.2 Å².